The number of nitrogens with two attached hydrogens (primary N) is 1. The summed E-state index contributed by atoms with van der Waals surface area (Å²) in [5.74, 6) is -3.55. The van der Waals surface area contributed by atoms with Gasteiger partial charge in [-0.05, 0) is 19.1 Å². The van der Waals surface area contributed by atoms with Gasteiger partial charge in [0.2, 0.25) is 11.8 Å². The molecule has 1 atom stereocenters. The van der Waals surface area contributed by atoms with Crippen LogP contribution in [-0.2, 0) is 23.6 Å². The molecule has 0 saturated carbocycles. The van der Waals surface area contributed by atoms with E-state index in [-0.39, 0.29) is 34.2 Å². The summed E-state index contributed by atoms with van der Waals surface area (Å²) in [5.41, 5.74) is 3.93. The normalized spacial score (nSPS) is 15.8. The maximum Gasteiger partial charge on any atom is 0.340 e. The summed E-state index contributed by atoms with van der Waals surface area (Å²) >= 11 is 6.21. The number of carbonyl (C=O) groups is 1. The Bertz CT molecular complexity index is 1120. The minimum atomic E-state index is -1.32. The number of hydrogen-bond acceptors (Lipinski definition) is 6. The summed E-state index contributed by atoms with van der Waals surface area (Å²) in [4.78, 5) is 37.8. The molecular weight excluding hydrogens is 393 g/mol. The van der Waals surface area contributed by atoms with Gasteiger partial charge < -0.3 is 15.2 Å². The van der Waals surface area contributed by atoms with Crippen LogP contribution in [0.3, 0.4) is 0 Å². The van der Waals surface area contributed by atoms with E-state index in [4.69, 9.17) is 26.8 Å². The van der Waals surface area contributed by atoms with Crippen molar-refractivity contribution < 1.29 is 18.7 Å². The molecule has 28 heavy (non-hydrogen) atoms. The molecule has 8 nitrogen and oxygen atoms in total. The van der Waals surface area contributed by atoms with Gasteiger partial charge in [0.15, 0.2) is 0 Å². The predicted octanol–water partition coefficient (Wildman–Crippen LogP) is 1.13. The van der Waals surface area contributed by atoms with Gasteiger partial charge in [-0.25, -0.2) is 14.0 Å². The molecule has 0 spiro atoms. The summed E-state index contributed by atoms with van der Waals surface area (Å²) in [6.45, 7) is 1.60. The smallest absolute Gasteiger partial charge is 0.340 e. The largest absolute Gasteiger partial charge is 0.462 e. The van der Waals surface area contributed by atoms with Crippen LogP contribution in [0.25, 0.3) is 0 Å². The van der Waals surface area contributed by atoms with Crippen LogP contribution in [0.4, 0.5) is 4.39 Å². The Morgan fingerprint density at radius 1 is 1.29 bits per heavy atom. The second-order valence-corrected chi connectivity index (χ2v) is 6.50. The van der Waals surface area contributed by atoms with Crippen molar-refractivity contribution in [2.24, 2.45) is 19.8 Å². The monoisotopic (exact) mass is 409 g/mol. The highest BCUT2D eigenvalue weighted by Crippen LogP contribution is 2.43. The zero-order valence-electron chi connectivity index (χ0n) is 15.3. The molecule has 0 radical (unpaired) electrons. The number of ether oxygens (including phenoxy) is 2. The van der Waals surface area contributed by atoms with Crippen molar-refractivity contribution in [3.63, 3.8) is 0 Å². The summed E-state index contributed by atoms with van der Waals surface area (Å²) in [5, 5.41) is -0.0247. The second kappa shape index (κ2) is 7.16. The van der Waals surface area contributed by atoms with Crippen LogP contribution < -0.4 is 21.7 Å². The lowest BCUT2D eigenvalue weighted by molar-refractivity contribution is -0.139. The zero-order chi connectivity index (χ0) is 20.7. The first-order chi connectivity index (χ1) is 13.2. The molecule has 0 unspecified atom stereocenters. The summed E-state index contributed by atoms with van der Waals surface area (Å²) in [7, 11) is 2.62. The van der Waals surface area contributed by atoms with Gasteiger partial charge in [-0.3, -0.25) is 13.9 Å². The molecule has 1 aliphatic rings. The Hall–Kier alpha value is -3.07. The van der Waals surface area contributed by atoms with Gasteiger partial charge in [-0.1, -0.05) is 17.7 Å². The average Bonchev–Trinajstić information content (AvgIpc) is 2.64. The molecule has 2 N–H and O–H groups in total. The van der Waals surface area contributed by atoms with Crippen LogP contribution in [-0.4, -0.2) is 21.7 Å². The van der Waals surface area contributed by atoms with E-state index >= 15 is 0 Å². The first kappa shape index (κ1) is 19.7. The van der Waals surface area contributed by atoms with Gasteiger partial charge in [-0.2, -0.15) is 0 Å². The molecule has 1 aromatic carbocycles. The topological polar surface area (TPSA) is 106 Å². The number of halogens is 2. The third-order valence-corrected chi connectivity index (χ3v) is 4.81. The lowest BCUT2D eigenvalue weighted by Gasteiger charge is -2.29. The van der Waals surface area contributed by atoms with E-state index in [1.165, 1.54) is 26.2 Å². The Kier molecular flexibility index (Phi) is 5.03. The number of aromatic nitrogens is 2. The van der Waals surface area contributed by atoms with Gasteiger partial charge in [0.25, 0.3) is 5.56 Å². The Balaban J connectivity index is 2.46. The van der Waals surface area contributed by atoms with E-state index in [0.717, 1.165) is 15.2 Å². The van der Waals surface area contributed by atoms with Gasteiger partial charge in [0, 0.05) is 24.7 Å². The Morgan fingerprint density at radius 3 is 2.57 bits per heavy atom. The average molecular weight is 410 g/mol. The van der Waals surface area contributed by atoms with Gasteiger partial charge in [0.1, 0.15) is 11.4 Å². The van der Waals surface area contributed by atoms with Crippen molar-refractivity contribution in [3.05, 3.63) is 72.5 Å². The van der Waals surface area contributed by atoms with Crippen molar-refractivity contribution in [1.29, 1.82) is 0 Å². The number of nitrogens with zero attached hydrogens (tertiary/aromatic N) is 2. The minimum Gasteiger partial charge on any atom is -0.462 e. The van der Waals surface area contributed by atoms with Crippen LogP contribution in [0.1, 0.15) is 24.0 Å². The number of rotatable bonds is 3. The predicted molar refractivity (Wildman–Crippen MR) is 98.7 cm³/mol. The molecule has 148 valence electrons. The van der Waals surface area contributed by atoms with Crippen LogP contribution >= 0.6 is 11.6 Å². The second-order valence-electron chi connectivity index (χ2n) is 6.09. The lowest BCUT2D eigenvalue weighted by Crippen LogP contribution is -2.43. The fraction of sp³-hybridized carbons (Fsp3) is 0.278. The molecule has 10 heteroatoms. The Labute approximate surface area is 163 Å². The first-order valence-corrected chi connectivity index (χ1v) is 8.66. The van der Waals surface area contributed by atoms with Crippen LogP contribution in [0.5, 0.6) is 5.88 Å². The maximum atomic E-state index is 14.8. The van der Waals surface area contributed by atoms with E-state index in [2.05, 4.69) is 0 Å². The molecule has 0 fully saturated rings. The standard InChI is InChI=1S/C18H17ClFN3O5/c1-4-27-17(25)12-11(10-8(19)6-5-7-9(10)20)13-15(24)22(2)18(26)23(3)16(13)28-14(12)21/h5-7,11H,4,21H2,1-3H3/t11-/m0/s1. The molecule has 1 aromatic heterocycles. The third-order valence-electron chi connectivity index (χ3n) is 4.48. The molecule has 0 amide bonds. The number of esters is 1. The number of carbonyl (C=O) groups excluding carboxylic acids is 1. The molecule has 2 heterocycles. The number of hydrogen-bond donors (Lipinski definition) is 1. The van der Waals surface area contributed by atoms with Crippen LogP contribution in [0.2, 0.25) is 5.02 Å². The molecule has 3 rings (SSSR count). The van der Waals surface area contributed by atoms with E-state index in [1.807, 2.05) is 0 Å². The fourth-order valence-corrected chi connectivity index (χ4v) is 3.44. The third kappa shape index (κ3) is 2.88. The van der Waals surface area contributed by atoms with Crippen LogP contribution in [0, 0.1) is 5.82 Å². The van der Waals surface area contributed by atoms with E-state index in [1.54, 1.807) is 6.92 Å². The molecule has 1 aliphatic heterocycles. The molecule has 0 bridgehead atoms. The molecular formula is C18H17ClFN3O5. The molecule has 2 aromatic rings. The first-order valence-electron chi connectivity index (χ1n) is 8.29. The van der Waals surface area contributed by atoms with Crippen molar-refractivity contribution in [2.75, 3.05) is 6.61 Å². The zero-order valence-corrected chi connectivity index (χ0v) is 16.0. The highest BCUT2D eigenvalue weighted by molar-refractivity contribution is 6.31. The summed E-state index contributed by atoms with van der Waals surface area (Å²) in [6.07, 6.45) is 0. The van der Waals surface area contributed by atoms with E-state index < -0.39 is 34.8 Å². The highest BCUT2D eigenvalue weighted by atomic mass is 35.5. The Morgan fingerprint density at radius 2 is 1.96 bits per heavy atom. The summed E-state index contributed by atoms with van der Waals surface area (Å²) < 4.78 is 27.1. The number of benzene rings is 1. The molecule has 0 saturated heterocycles. The lowest BCUT2D eigenvalue weighted by atomic mass is 9.84. The van der Waals surface area contributed by atoms with E-state index in [9.17, 15) is 18.8 Å². The minimum absolute atomic E-state index is 0.0193. The van der Waals surface area contributed by atoms with E-state index in [0.29, 0.717) is 0 Å². The van der Waals surface area contributed by atoms with Crippen molar-refractivity contribution in [1.82, 2.24) is 9.13 Å². The SMILES string of the molecule is CCOC(=O)C1=C(N)Oc2c(c(=O)n(C)c(=O)n2C)[C@H]1c1c(F)cccc1Cl. The maximum absolute atomic E-state index is 14.8. The van der Waals surface area contributed by atoms with Crippen molar-refractivity contribution in [2.45, 2.75) is 12.8 Å². The quantitative estimate of drug-likeness (QED) is 0.762. The van der Waals surface area contributed by atoms with Crippen molar-refractivity contribution in [3.8, 4) is 5.88 Å². The molecule has 0 aliphatic carbocycles. The van der Waals surface area contributed by atoms with Crippen LogP contribution in [0.15, 0.2) is 39.2 Å². The fourth-order valence-electron chi connectivity index (χ4n) is 3.17. The van der Waals surface area contributed by atoms with Gasteiger partial charge in [0.05, 0.1) is 18.1 Å². The number of fused-ring (bicyclic) bond motifs is 1. The summed E-state index contributed by atoms with van der Waals surface area (Å²) in [6, 6.07) is 3.94. The van der Waals surface area contributed by atoms with Gasteiger partial charge in [-0.15, -0.1) is 0 Å². The highest BCUT2D eigenvalue weighted by Gasteiger charge is 2.41. The van der Waals surface area contributed by atoms with Gasteiger partial charge >= 0.3 is 11.7 Å². The van der Waals surface area contributed by atoms with Crippen molar-refractivity contribution >= 4 is 17.6 Å².